The molecule has 1 unspecified atom stereocenters. The Balaban J connectivity index is 1.89. The predicted molar refractivity (Wildman–Crippen MR) is 82.1 cm³/mol. The molecule has 1 atom stereocenters. The number of rotatable bonds is 4. The third-order valence-corrected chi connectivity index (χ3v) is 3.73. The second kappa shape index (κ2) is 5.74. The second-order valence-electron chi connectivity index (χ2n) is 4.25. The monoisotopic (exact) mass is 383 g/mol. The molecule has 102 valence electrons. The van der Waals surface area contributed by atoms with Crippen molar-refractivity contribution in [2.75, 3.05) is 4.43 Å². The van der Waals surface area contributed by atoms with Gasteiger partial charge in [-0.3, -0.25) is 0 Å². The Morgan fingerprint density at radius 1 is 1.15 bits per heavy atom. The van der Waals surface area contributed by atoms with Crippen molar-refractivity contribution < 1.29 is 9.23 Å². The van der Waals surface area contributed by atoms with Gasteiger partial charge in [0, 0.05) is 4.43 Å². The molecular formula is C14H11FIN3O. The van der Waals surface area contributed by atoms with Crippen LogP contribution in [0.1, 0.15) is 11.7 Å². The molecule has 1 heterocycles. The van der Waals surface area contributed by atoms with Crippen LogP contribution in [-0.4, -0.2) is 19.6 Å². The lowest BCUT2D eigenvalue weighted by Crippen LogP contribution is -2.20. The highest BCUT2D eigenvalue weighted by Gasteiger charge is 2.15. The number of benzene rings is 2. The van der Waals surface area contributed by atoms with Crippen LogP contribution in [0.5, 0.6) is 0 Å². The van der Waals surface area contributed by atoms with E-state index in [1.165, 1.54) is 17.0 Å². The maximum atomic E-state index is 13.0. The van der Waals surface area contributed by atoms with E-state index >= 15 is 0 Å². The molecule has 0 spiro atoms. The Bertz CT molecular complexity index is 714. The molecule has 0 aliphatic rings. The van der Waals surface area contributed by atoms with E-state index in [-0.39, 0.29) is 11.9 Å². The van der Waals surface area contributed by atoms with Crippen LogP contribution in [0.4, 0.5) is 4.39 Å². The number of hydrogen-bond acceptors (Lipinski definition) is 3. The summed E-state index contributed by atoms with van der Waals surface area (Å²) in [5.41, 5.74) is 2.49. The lowest BCUT2D eigenvalue weighted by atomic mass is 10.1. The number of alkyl halides is 1. The van der Waals surface area contributed by atoms with Gasteiger partial charge >= 0.3 is 0 Å². The first kappa shape index (κ1) is 13.3. The standard InChI is InChI=1S/C14H11FIN3O/c15-11-7-5-10(6-8-11)14(9-16)20-19-13-4-2-1-3-12(13)17-18-19/h1-8,14H,9H2. The van der Waals surface area contributed by atoms with Gasteiger partial charge in [0.05, 0.1) is 0 Å². The van der Waals surface area contributed by atoms with Crippen molar-refractivity contribution in [3.63, 3.8) is 0 Å². The smallest absolute Gasteiger partial charge is 0.161 e. The first-order valence-electron chi connectivity index (χ1n) is 6.07. The summed E-state index contributed by atoms with van der Waals surface area (Å²) in [5, 5.41) is 8.03. The summed E-state index contributed by atoms with van der Waals surface area (Å²) in [6.45, 7) is 0. The quantitative estimate of drug-likeness (QED) is 0.513. The summed E-state index contributed by atoms with van der Waals surface area (Å²) >= 11 is 2.23. The molecule has 0 saturated heterocycles. The average Bonchev–Trinajstić information content (AvgIpc) is 2.89. The van der Waals surface area contributed by atoms with Gasteiger partial charge in [-0.15, -0.1) is 5.10 Å². The Morgan fingerprint density at radius 2 is 1.90 bits per heavy atom. The maximum absolute atomic E-state index is 13.0. The minimum Gasteiger partial charge on any atom is -0.386 e. The van der Waals surface area contributed by atoms with E-state index in [1.54, 1.807) is 12.1 Å². The van der Waals surface area contributed by atoms with E-state index in [4.69, 9.17) is 4.84 Å². The summed E-state index contributed by atoms with van der Waals surface area (Å²) in [4.78, 5) is 7.27. The summed E-state index contributed by atoms with van der Waals surface area (Å²) < 4.78 is 13.7. The molecule has 3 rings (SSSR count). The van der Waals surface area contributed by atoms with Gasteiger partial charge in [0.25, 0.3) is 0 Å². The van der Waals surface area contributed by atoms with Crippen LogP contribution in [0.25, 0.3) is 11.0 Å². The first-order chi connectivity index (χ1) is 9.78. The number of aromatic nitrogens is 3. The van der Waals surface area contributed by atoms with Crippen LogP contribution in [0.2, 0.25) is 0 Å². The molecule has 0 radical (unpaired) electrons. The Labute approximate surface area is 128 Å². The Kier molecular flexibility index (Phi) is 3.81. The fourth-order valence-corrected chi connectivity index (χ4v) is 2.57. The first-order valence-corrected chi connectivity index (χ1v) is 7.59. The van der Waals surface area contributed by atoms with E-state index in [0.717, 1.165) is 21.0 Å². The normalized spacial score (nSPS) is 12.5. The Morgan fingerprint density at radius 3 is 2.65 bits per heavy atom. The topological polar surface area (TPSA) is 39.9 Å². The Hall–Kier alpha value is -1.70. The minimum absolute atomic E-state index is 0.207. The molecule has 0 fully saturated rings. The van der Waals surface area contributed by atoms with Gasteiger partial charge in [-0.1, -0.05) is 51.7 Å². The van der Waals surface area contributed by atoms with Crippen LogP contribution in [0.15, 0.2) is 48.5 Å². The van der Waals surface area contributed by atoms with Crippen molar-refractivity contribution in [1.29, 1.82) is 0 Å². The van der Waals surface area contributed by atoms with Crippen molar-refractivity contribution in [3.05, 3.63) is 59.9 Å². The molecule has 1 aromatic heterocycles. The zero-order chi connectivity index (χ0) is 13.9. The molecule has 0 amide bonds. The van der Waals surface area contributed by atoms with Crippen LogP contribution < -0.4 is 4.84 Å². The zero-order valence-corrected chi connectivity index (χ0v) is 12.6. The van der Waals surface area contributed by atoms with Crippen molar-refractivity contribution >= 4 is 33.6 Å². The van der Waals surface area contributed by atoms with Gasteiger partial charge in [-0.2, -0.15) is 0 Å². The molecule has 20 heavy (non-hydrogen) atoms. The van der Waals surface area contributed by atoms with E-state index < -0.39 is 0 Å². The molecule has 3 aromatic rings. The van der Waals surface area contributed by atoms with Crippen LogP contribution in [0, 0.1) is 5.82 Å². The summed E-state index contributed by atoms with van der Waals surface area (Å²) in [7, 11) is 0. The number of fused-ring (bicyclic) bond motifs is 1. The largest absolute Gasteiger partial charge is 0.386 e. The van der Waals surface area contributed by atoms with E-state index in [0.29, 0.717) is 0 Å². The van der Waals surface area contributed by atoms with Crippen molar-refractivity contribution in [1.82, 2.24) is 15.2 Å². The van der Waals surface area contributed by atoms with Crippen LogP contribution >= 0.6 is 22.6 Å². The molecule has 0 N–H and O–H groups in total. The fraction of sp³-hybridized carbons (Fsp3) is 0.143. The van der Waals surface area contributed by atoms with Crippen molar-refractivity contribution in [3.8, 4) is 0 Å². The number of halogens is 2. The van der Waals surface area contributed by atoms with Gasteiger partial charge in [-0.25, -0.2) is 4.39 Å². The van der Waals surface area contributed by atoms with E-state index in [1.807, 2.05) is 24.3 Å². The summed E-state index contributed by atoms with van der Waals surface area (Å²) in [5.74, 6) is -0.257. The number of nitrogens with zero attached hydrogens (tertiary/aromatic N) is 3. The summed E-state index contributed by atoms with van der Waals surface area (Å²) in [6.07, 6.45) is -0.207. The second-order valence-corrected chi connectivity index (χ2v) is 5.13. The predicted octanol–water partition coefficient (Wildman–Crippen LogP) is 3.18. The lowest BCUT2D eigenvalue weighted by Gasteiger charge is -2.16. The van der Waals surface area contributed by atoms with Gasteiger partial charge in [0.2, 0.25) is 0 Å². The van der Waals surface area contributed by atoms with Crippen LogP contribution in [0.3, 0.4) is 0 Å². The number of hydrogen-bond donors (Lipinski definition) is 0. The van der Waals surface area contributed by atoms with Crippen LogP contribution in [-0.2, 0) is 0 Å². The van der Waals surface area contributed by atoms with Gasteiger partial charge < -0.3 is 4.84 Å². The molecule has 0 aliphatic heterocycles. The van der Waals surface area contributed by atoms with Gasteiger partial charge in [0.15, 0.2) is 6.10 Å². The van der Waals surface area contributed by atoms with Crippen molar-refractivity contribution in [2.24, 2.45) is 0 Å². The maximum Gasteiger partial charge on any atom is 0.161 e. The molecule has 6 heteroatoms. The highest BCUT2D eigenvalue weighted by Crippen LogP contribution is 2.19. The zero-order valence-electron chi connectivity index (χ0n) is 10.4. The number of para-hydroxylation sites is 1. The SMILES string of the molecule is Fc1ccc(C(CI)On2nnc3ccccc32)cc1. The molecule has 0 aliphatic carbocycles. The molecular weight excluding hydrogens is 372 g/mol. The summed E-state index contributed by atoms with van der Waals surface area (Å²) in [6, 6.07) is 13.9. The highest BCUT2D eigenvalue weighted by atomic mass is 127. The third kappa shape index (κ3) is 2.60. The molecule has 2 aromatic carbocycles. The third-order valence-electron chi connectivity index (χ3n) is 2.93. The minimum atomic E-state index is -0.257. The lowest BCUT2D eigenvalue weighted by molar-refractivity contribution is 0.0336. The fourth-order valence-electron chi connectivity index (χ4n) is 1.90. The molecule has 0 bridgehead atoms. The molecule has 4 nitrogen and oxygen atoms in total. The van der Waals surface area contributed by atoms with Gasteiger partial charge in [-0.05, 0) is 35.0 Å². The highest BCUT2D eigenvalue weighted by molar-refractivity contribution is 14.1. The van der Waals surface area contributed by atoms with Crippen molar-refractivity contribution in [2.45, 2.75) is 6.10 Å². The van der Waals surface area contributed by atoms with E-state index in [2.05, 4.69) is 32.9 Å². The van der Waals surface area contributed by atoms with Gasteiger partial charge in [0.1, 0.15) is 16.9 Å². The average molecular weight is 383 g/mol. The van der Waals surface area contributed by atoms with E-state index in [9.17, 15) is 4.39 Å². The molecule has 0 saturated carbocycles.